The number of β-amino-alcohol motifs (C(OH)–C–C–N with tert-alkyl or cyclic N) is 1. The van der Waals surface area contributed by atoms with Crippen molar-refractivity contribution in [1.29, 1.82) is 0 Å². The van der Waals surface area contributed by atoms with Gasteiger partial charge < -0.3 is 25.5 Å². The maximum absolute atomic E-state index is 11.2. The molecule has 2 atom stereocenters. The van der Waals surface area contributed by atoms with Gasteiger partial charge in [0, 0.05) is 38.3 Å². The van der Waals surface area contributed by atoms with Crippen molar-refractivity contribution < 1.29 is 14.6 Å². The summed E-state index contributed by atoms with van der Waals surface area (Å²) in [5.41, 5.74) is 1.45. The van der Waals surface area contributed by atoms with E-state index in [-0.39, 0.29) is 18.0 Å². The van der Waals surface area contributed by atoms with E-state index in [1.54, 1.807) is 12.3 Å². The van der Waals surface area contributed by atoms with Crippen LogP contribution in [0.5, 0.6) is 0 Å². The summed E-state index contributed by atoms with van der Waals surface area (Å²) >= 11 is 0. The van der Waals surface area contributed by atoms with Crippen LogP contribution in [0.2, 0.25) is 0 Å². The molecule has 1 aromatic heterocycles. The van der Waals surface area contributed by atoms with Gasteiger partial charge in [-0.05, 0) is 11.6 Å². The number of hydrogen-bond donors (Lipinski definition) is 4. The molecule has 0 aromatic carbocycles. The number of ether oxygens (including phenoxy) is 1. The molecule has 2 rings (SSSR count). The highest BCUT2D eigenvalue weighted by molar-refractivity contribution is 5.87. The molecule has 6 heteroatoms. The van der Waals surface area contributed by atoms with E-state index in [1.165, 1.54) is 7.11 Å². The number of carbonyl (C=O) groups excluding carboxylic acids is 1. The Morgan fingerprint density at radius 1 is 1.61 bits per heavy atom. The van der Waals surface area contributed by atoms with E-state index in [0.29, 0.717) is 18.8 Å². The summed E-state index contributed by atoms with van der Waals surface area (Å²) in [6, 6.07) is 1.77. The number of rotatable bonds is 5. The first-order chi connectivity index (χ1) is 8.70. The smallest absolute Gasteiger partial charge is 0.354 e. The molecule has 0 aliphatic carbocycles. The van der Waals surface area contributed by atoms with Gasteiger partial charge in [-0.1, -0.05) is 0 Å². The summed E-state index contributed by atoms with van der Waals surface area (Å²) in [7, 11) is 1.36. The van der Waals surface area contributed by atoms with Gasteiger partial charge in [0.1, 0.15) is 5.69 Å². The first kappa shape index (κ1) is 13.1. The van der Waals surface area contributed by atoms with Crippen molar-refractivity contribution >= 4 is 5.97 Å². The molecular formula is C12H19N3O3. The molecule has 0 spiro atoms. The van der Waals surface area contributed by atoms with Crippen LogP contribution in [0, 0.1) is 5.92 Å². The highest BCUT2D eigenvalue weighted by Gasteiger charge is 2.24. The highest BCUT2D eigenvalue weighted by atomic mass is 16.5. The second-order valence-corrected chi connectivity index (χ2v) is 4.53. The molecule has 1 aliphatic rings. The third-order valence-corrected chi connectivity index (χ3v) is 3.19. The standard InChI is InChI=1S/C12H19N3O3/c1-18-12(17)10-2-8(4-15-10)3-13-5-9-6-14-7-11(9)16/h2,4,9,11,13-16H,3,5-7H2,1H3. The lowest BCUT2D eigenvalue weighted by atomic mass is 10.1. The van der Waals surface area contributed by atoms with Crippen LogP contribution < -0.4 is 10.6 Å². The Morgan fingerprint density at radius 3 is 3.11 bits per heavy atom. The number of aliphatic hydroxyl groups excluding tert-OH is 1. The third-order valence-electron chi connectivity index (χ3n) is 3.19. The van der Waals surface area contributed by atoms with Crippen molar-refractivity contribution in [2.24, 2.45) is 5.92 Å². The number of aromatic amines is 1. The maximum Gasteiger partial charge on any atom is 0.354 e. The van der Waals surface area contributed by atoms with E-state index < -0.39 is 0 Å². The molecule has 6 nitrogen and oxygen atoms in total. The fraction of sp³-hybridized carbons (Fsp3) is 0.583. The third kappa shape index (κ3) is 3.10. The molecule has 1 saturated heterocycles. The Morgan fingerprint density at radius 2 is 2.44 bits per heavy atom. The molecule has 18 heavy (non-hydrogen) atoms. The van der Waals surface area contributed by atoms with E-state index >= 15 is 0 Å². The van der Waals surface area contributed by atoms with Crippen LogP contribution in [-0.4, -0.2) is 48.9 Å². The topological polar surface area (TPSA) is 86.4 Å². The Bertz CT molecular complexity index is 405. The minimum absolute atomic E-state index is 0.254. The van der Waals surface area contributed by atoms with Gasteiger partial charge in [0.2, 0.25) is 0 Å². The van der Waals surface area contributed by atoms with Crippen LogP contribution in [0.15, 0.2) is 12.3 Å². The Labute approximate surface area is 106 Å². The van der Waals surface area contributed by atoms with Gasteiger partial charge in [-0.15, -0.1) is 0 Å². The molecule has 1 aliphatic heterocycles. The maximum atomic E-state index is 11.2. The number of esters is 1. The van der Waals surface area contributed by atoms with Crippen molar-refractivity contribution in [3.05, 3.63) is 23.5 Å². The zero-order valence-electron chi connectivity index (χ0n) is 10.4. The lowest BCUT2D eigenvalue weighted by Gasteiger charge is -2.13. The molecule has 0 bridgehead atoms. The van der Waals surface area contributed by atoms with E-state index in [1.807, 2.05) is 0 Å². The molecule has 4 N–H and O–H groups in total. The number of methoxy groups -OCH3 is 1. The summed E-state index contributed by atoms with van der Waals surface area (Å²) in [5, 5.41) is 16.0. The Kier molecular flexibility index (Phi) is 4.35. The molecule has 100 valence electrons. The quantitative estimate of drug-likeness (QED) is 0.530. The molecule has 2 heterocycles. The molecule has 1 fully saturated rings. The molecule has 0 radical (unpaired) electrons. The predicted octanol–water partition coefficient (Wildman–Crippen LogP) is -0.529. The van der Waals surface area contributed by atoms with Gasteiger partial charge in [-0.25, -0.2) is 4.79 Å². The van der Waals surface area contributed by atoms with Gasteiger partial charge in [-0.2, -0.15) is 0 Å². The average molecular weight is 253 g/mol. The van der Waals surface area contributed by atoms with Crippen LogP contribution in [0.3, 0.4) is 0 Å². The summed E-state index contributed by atoms with van der Waals surface area (Å²) in [5.74, 6) is -0.110. The lowest BCUT2D eigenvalue weighted by Crippen LogP contribution is -2.30. The van der Waals surface area contributed by atoms with Gasteiger partial charge in [0.15, 0.2) is 0 Å². The van der Waals surface area contributed by atoms with E-state index in [9.17, 15) is 9.90 Å². The average Bonchev–Trinajstić information content (AvgIpc) is 2.99. The van der Waals surface area contributed by atoms with Crippen molar-refractivity contribution in [2.45, 2.75) is 12.6 Å². The summed E-state index contributed by atoms with van der Waals surface area (Å²) < 4.78 is 4.62. The molecular weight excluding hydrogens is 234 g/mol. The van der Waals surface area contributed by atoms with Crippen molar-refractivity contribution in [1.82, 2.24) is 15.6 Å². The summed E-state index contributed by atoms with van der Waals surface area (Å²) in [4.78, 5) is 14.1. The van der Waals surface area contributed by atoms with Gasteiger partial charge in [0.25, 0.3) is 0 Å². The van der Waals surface area contributed by atoms with E-state index in [2.05, 4.69) is 20.4 Å². The van der Waals surface area contributed by atoms with Gasteiger partial charge in [0.05, 0.1) is 13.2 Å². The van der Waals surface area contributed by atoms with Crippen molar-refractivity contribution in [2.75, 3.05) is 26.7 Å². The first-order valence-electron chi connectivity index (χ1n) is 6.06. The number of hydrogen-bond acceptors (Lipinski definition) is 5. The van der Waals surface area contributed by atoms with Crippen molar-refractivity contribution in [3.8, 4) is 0 Å². The second kappa shape index (κ2) is 5.99. The molecule has 2 unspecified atom stereocenters. The number of nitrogens with one attached hydrogen (secondary N) is 3. The second-order valence-electron chi connectivity index (χ2n) is 4.53. The van der Waals surface area contributed by atoms with Crippen LogP contribution >= 0.6 is 0 Å². The largest absolute Gasteiger partial charge is 0.464 e. The van der Waals surface area contributed by atoms with Gasteiger partial charge in [-0.3, -0.25) is 0 Å². The Balaban J connectivity index is 1.76. The number of aromatic nitrogens is 1. The fourth-order valence-electron chi connectivity index (χ4n) is 2.10. The fourth-order valence-corrected chi connectivity index (χ4v) is 2.10. The highest BCUT2D eigenvalue weighted by Crippen LogP contribution is 2.08. The Hall–Kier alpha value is -1.37. The molecule has 1 aromatic rings. The predicted molar refractivity (Wildman–Crippen MR) is 66.2 cm³/mol. The molecule has 0 saturated carbocycles. The van der Waals surface area contributed by atoms with Crippen LogP contribution in [0.25, 0.3) is 0 Å². The SMILES string of the molecule is COC(=O)c1cc(CNCC2CNCC2O)c[nH]1. The van der Waals surface area contributed by atoms with Crippen molar-refractivity contribution in [3.63, 3.8) is 0 Å². The number of carbonyl (C=O) groups is 1. The minimum atomic E-state index is -0.364. The summed E-state index contributed by atoms with van der Waals surface area (Å²) in [6.45, 7) is 2.93. The first-order valence-corrected chi connectivity index (χ1v) is 6.06. The van der Waals surface area contributed by atoms with Gasteiger partial charge >= 0.3 is 5.97 Å². The zero-order chi connectivity index (χ0) is 13.0. The minimum Gasteiger partial charge on any atom is -0.464 e. The lowest BCUT2D eigenvalue weighted by molar-refractivity contribution is 0.0595. The van der Waals surface area contributed by atoms with E-state index in [4.69, 9.17) is 0 Å². The normalized spacial score (nSPS) is 23.2. The van der Waals surface area contributed by atoms with Crippen LogP contribution in [0.1, 0.15) is 16.1 Å². The monoisotopic (exact) mass is 253 g/mol. The molecule has 0 amide bonds. The van der Waals surface area contributed by atoms with Crippen LogP contribution in [-0.2, 0) is 11.3 Å². The number of H-pyrrole nitrogens is 1. The van der Waals surface area contributed by atoms with Crippen LogP contribution in [0.4, 0.5) is 0 Å². The summed E-state index contributed by atoms with van der Waals surface area (Å²) in [6.07, 6.45) is 1.51. The number of aliphatic hydroxyl groups is 1. The zero-order valence-corrected chi connectivity index (χ0v) is 10.4. The van der Waals surface area contributed by atoms with E-state index in [0.717, 1.165) is 18.7 Å².